The van der Waals surface area contributed by atoms with Crippen molar-refractivity contribution in [3.05, 3.63) is 0 Å². The highest BCUT2D eigenvalue weighted by Crippen LogP contribution is 2.18. The van der Waals surface area contributed by atoms with E-state index in [1.54, 1.807) is 0 Å². The van der Waals surface area contributed by atoms with Gasteiger partial charge >= 0.3 is 0 Å². The van der Waals surface area contributed by atoms with Crippen LogP contribution in [0.1, 0.15) is 19.3 Å². The molecule has 0 aromatic rings. The maximum absolute atomic E-state index is 10.9. The minimum Gasteiger partial charge on any atom is -0.355 e. The summed E-state index contributed by atoms with van der Waals surface area (Å²) < 4.78 is 0. The van der Waals surface area contributed by atoms with Gasteiger partial charge in [0.05, 0.1) is 0 Å². The number of likely N-dealkylation sites (tertiary alicyclic amines) is 1. The summed E-state index contributed by atoms with van der Waals surface area (Å²) in [5.41, 5.74) is 0. The molecule has 82 valence electrons. The van der Waals surface area contributed by atoms with Gasteiger partial charge in [-0.15, -0.1) is 11.6 Å². The zero-order chi connectivity index (χ0) is 10.4. The molecule has 1 aliphatic heterocycles. The summed E-state index contributed by atoms with van der Waals surface area (Å²) in [5.74, 6) is 0.800. The monoisotopic (exact) mass is 218 g/mol. The number of nitrogens with one attached hydrogen (secondary N) is 1. The van der Waals surface area contributed by atoms with Crippen LogP contribution in [-0.4, -0.2) is 43.4 Å². The number of nitrogens with zero attached hydrogens (tertiary/aromatic N) is 1. The molecule has 0 aromatic carbocycles. The molecular formula is C10H19ClN2O. The summed E-state index contributed by atoms with van der Waals surface area (Å²) in [5, 5.41) is 2.81. The van der Waals surface area contributed by atoms with E-state index in [1.165, 1.54) is 25.9 Å². The summed E-state index contributed by atoms with van der Waals surface area (Å²) in [6.45, 7) is 3.15. The third-order valence-corrected chi connectivity index (χ3v) is 3.08. The summed E-state index contributed by atoms with van der Waals surface area (Å²) >= 11 is 5.37. The molecule has 3 nitrogen and oxygen atoms in total. The lowest BCUT2D eigenvalue weighted by molar-refractivity contribution is -0.118. The van der Waals surface area contributed by atoms with E-state index in [2.05, 4.69) is 17.3 Å². The molecule has 1 rings (SSSR count). The van der Waals surface area contributed by atoms with Crippen LogP contribution >= 0.6 is 11.6 Å². The van der Waals surface area contributed by atoms with Crippen molar-refractivity contribution in [2.45, 2.75) is 19.3 Å². The molecular weight excluding hydrogens is 200 g/mol. The molecule has 1 fully saturated rings. The highest BCUT2D eigenvalue weighted by atomic mass is 35.5. The van der Waals surface area contributed by atoms with Crippen LogP contribution in [0.3, 0.4) is 0 Å². The first-order chi connectivity index (χ1) is 6.72. The van der Waals surface area contributed by atoms with Gasteiger partial charge in [0, 0.05) is 6.54 Å². The first-order valence-corrected chi connectivity index (χ1v) is 5.77. The summed E-state index contributed by atoms with van der Waals surface area (Å²) in [4.78, 5) is 13.2. The van der Waals surface area contributed by atoms with Crippen LogP contribution in [0, 0.1) is 5.92 Å². The van der Waals surface area contributed by atoms with Gasteiger partial charge in [-0.25, -0.2) is 0 Å². The van der Waals surface area contributed by atoms with Crippen LogP contribution in [0.15, 0.2) is 0 Å². The largest absolute Gasteiger partial charge is 0.355 e. The topological polar surface area (TPSA) is 32.3 Å². The minimum atomic E-state index is -0.0559. The second kappa shape index (κ2) is 6.25. The van der Waals surface area contributed by atoms with Crippen LogP contribution in [0.5, 0.6) is 0 Å². The van der Waals surface area contributed by atoms with Crippen LogP contribution in [-0.2, 0) is 4.79 Å². The number of amides is 1. The van der Waals surface area contributed by atoms with Crippen molar-refractivity contribution in [2.24, 2.45) is 5.92 Å². The summed E-state index contributed by atoms with van der Waals surface area (Å²) in [7, 11) is 2.16. The van der Waals surface area contributed by atoms with Gasteiger partial charge in [0.15, 0.2) is 0 Å². The van der Waals surface area contributed by atoms with Crippen molar-refractivity contribution in [2.75, 3.05) is 32.6 Å². The van der Waals surface area contributed by atoms with Crippen LogP contribution in [0.2, 0.25) is 0 Å². The highest BCUT2D eigenvalue weighted by Gasteiger charge is 2.16. The van der Waals surface area contributed by atoms with Crippen molar-refractivity contribution in [3.63, 3.8) is 0 Å². The second-order valence-electron chi connectivity index (χ2n) is 4.02. The van der Waals surface area contributed by atoms with Gasteiger partial charge in [0.25, 0.3) is 0 Å². The Labute approximate surface area is 90.8 Å². The molecule has 0 aliphatic carbocycles. The third kappa shape index (κ3) is 4.29. The molecule has 0 bridgehead atoms. The average Bonchev–Trinajstić information content (AvgIpc) is 2.21. The maximum atomic E-state index is 10.9. The Morgan fingerprint density at radius 3 is 2.71 bits per heavy atom. The zero-order valence-corrected chi connectivity index (χ0v) is 9.52. The predicted molar refractivity (Wildman–Crippen MR) is 58.6 cm³/mol. The SMILES string of the molecule is CN1CCC(CCNC(=O)CCl)CC1. The average molecular weight is 219 g/mol. The quantitative estimate of drug-likeness (QED) is 0.717. The second-order valence-corrected chi connectivity index (χ2v) is 4.29. The van der Waals surface area contributed by atoms with Gasteiger partial charge in [0.2, 0.25) is 5.91 Å². The lowest BCUT2D eigenvalue weighted by Crippen LogP contribution is -2.33. The lowest BCUT2D eigenvalue weighted by Gasteiger charge is -2.28. The third-order valence-electron chi connectivity index (χ3n) is 2.83. The molecule has 0 saturated carbocycles. The molecule has 1 amide bonds. The maximum Gasteiger partial charge on any atom is 0.234 e. The molecule has 1 saturated heterocycles. The molecule has 1 heterocycles. The Morgan fingerprint density at radius 2 is 2.14 bits per heavy atom. The number of alkyl halides is 1. The van der Waals surface area contributed by atoms with Gasteiger partial charge in [-0.05, 0) is 45.3 Å². The first kappa shape index (κ1) is 11.8. The molecule has 0 unspecified atom stereocenters. The number of hydrogen-bond acceptors (Lipinski definition) is 2. The van der Waals surface area contributed by atoms with Crippen LogP contribution < -0.4 is 5.32 Å². The Kier molecular flexibility index (Phi) is 5.26. The molecule has 4 heteroatoms. The van der Waals surface area contributed by atoms with E-state index in [-0.39, 0.29) is 11.8 Å². The van der Waals surface area contributed by atoms with Crippen molar-refractivity contribution in [1.82, 2.24) is 10.2 Å². The van der Waals surface area contributed by atoms with E-state index in [0.29, 0.717) is 0 Å². The fourth-order valence-corrected chi connectivity index (χ4v) is 1.91. The van der Waals surface area contributed by atoms with Crippen LogP contribution in [0.4, 0.5) is 0 Å². The number of hydrogen-bond donors (Lipinski definition) is 1. The van der Waals surface area contributed by atoms with Crippen molar-refractivity contribution in [1.29, 1.82) is 0 Å². The molecule has 14 heavy (non-hydrogen) atoms. The van der Waals surface area contributed by atoms with Crippen molar-refractivity contribution < 1.29 is 4.79 Å². The Morgan fingerprint density at radius 1 is 1.50 bits per heavy atom. The smallest absolute Gasteiger partial charge is 0.234 e. The van der Waals surface area contributed by atoms with Gasteiger partial charge in [0.1, 0.15) is 5.88 Å². The van der Waals surface area contributed by atoms with Gasteiger partial charge in [-0.2, -0.15) is 0 Å². The molecule has 0 aromatic heterocycles. The van der Waals surface area contributed by atoms with Crippen molar-refractivity contribution in [3.8, 4) is 0 Å². The Bertz CT molecular complexity index is 179. The van der Waals surface area contributed by atoms with E-state index >= 15 is 0 Å². The first-order valence-electron chi connectivity index (χ1n) is 5.23. The normalized spacial score (nSPS) is 19.6. The number of carbonyl (C=O) groups is 1. The van der Waals surface area contributed by atoms with Gasteiger partial charge in [-0.3, -0.25) is 4.79 Å². The van der Waals surface area contributed by atoms with E-state index in [1.807, 2.05) is 0 Å². The fraction of sp³-hybridized carbons (Fsp3) is 0.900. The minimum absolute atomic E-state index is 0.0559. The van der Waals surface area contributed by atoms with Gasteiger partial charge in [-0.1, -0.05) is 0 Å². The van der Waals surface area contributed by atoms with E-state index in [4.69, 9.17) is 11.6 Å². The summed E-state index contributed by atoms with van der Waals surface area (Å²) in [6, 6.07) is 0. The van der Waals surface area contributed by atoms with E-state index in [9.17, 15) is 4.79 Å². The number of rotatable bonds is 4. The van der Waals surface area contributed by atoms with E-state index < -0.39 is 0 Å². The number of carbonyl (C=O) groups excluding carboxylic acids is 1. The Balaban J connectivity index is 2.04. The molecule has 0 atom stereocenters. The highest BCUT2D eigenvalue weighted by molar-refractivity contribution is 6.27. The van der Waals surface area contributed by atoms with Crippen molar-refractivity contribution >= 4 is 17.5 Å². The molecule has 1 aliphatic rings. The lowest BCUT2D eigenvalue weighted by atomic mass is 9.94. The standard InChI is InChI=1S/C10H19ClN2O/c1-13-6-3-9(4-7-13)2-5-12-10(14)8-11/h9H,2-8H2,1H3,(H,12,14). The van der Waals surface area contributed by atoms with E-state index in [0.717, 1.165) is 18.9 Å². The molecule has 0 spiro atoms. The van der Waals surface area contributed by atoms with Gasteiger partial charge < -0.3 is 10.2 Å². The fourth-order valence-electron chi connectivity index (χ4n) is 1.81. The Hall–Kier alpha value is -0.280. The number of halogens is 1. The zero-order valence-electron chi connectivity index (χ0n) is 8.76. The predicted octanol–water partition coefficient (Wildman–Crippen LogP) is 1.07. The molecule has 0 radical (unpaired) electrons. The summed E-state index contributed by atoms with van der Waals surface area (Å²) in [6.07, 6.45) is 3.61. The van der Waals surface area contributed by atoms with Crippen LogP contribution in [0.25, 0.3) is 0 Å². The molecule has 1 N–H and O–H groups in total. The number of piperidine rings is 1.